The molecule has 0 radical (unpaired) electrons. The summed E-state index contributed by atoms with van der Waals surface area (Å²) in [5, 5.41) is 36.6. The van der Waals surface area contributed by atoms with Crippen molar-refractivity contribution in [2.24, 2.45) is 0 Å². The summed E-state index contributed by atoms with van der Waals surface area (Å²) in [7, 11) is 4.56. The zero-order chi connectivity index (χ0) is 32.9. The summed E-state index contributed by atoms with van der Waals surface area (Å²) in [6, 6.07) is 19.8. The van der Waals surface area contributed by atoms with Gasteiger partial charge in [-0.3, -0.25) is 0 Å². The normalized spacial score (nSPS) is 24.8. The van der Waals surface area contributed by atoms with Gasteiger partial charge in [0.15, 0.2) is 11.2 Å². The third kappa shape index (κ3) is 4.88. The minimum atomic E-state index is -2.09. The minimum Gasteiger partial charge on any atom is -0.497 e. The monoisotopic (exact) mass is 631 g/mol. The van der Waals surface area contributed by atoms with Gasteiger partial charge in [0.05, 0.1) is 39.4 Å². The molecule has 1 aromatic heterocycles. The molecule has 4 aromatic rings. The molecule has 242 valence electrons. The molecule has 0 unspecified atom stereocenters. The molecular formula is C34H37N3O9. The van der Waals surface area contributed by atoms with Crippen LogP contribution in [0, 0.1) is 0 Å². The van der Waals surface area contributed by atoms with Gasteiger partial charge in [0.25, 0.3) is 0 Å². The SMILES string of the molecule is COc1ccc([C@@]23Oc4cc(OC)cc(OC)c4[C@]2(O)[C@H](O)[C@H](c2nnc(CNC(=O)OC(C)(C)C)o2)[C@H]3c2ccccc2)cc1. The molecule has 1 aliphatic carbocycles. The van der Waals surface area contributed by atoms with Gasteiger partial charge in [0.2, 0.25) is 11.8 Å². The molecular weight excluding hydrogens is 594 g/mol. The second-order valence-corrected chi connectivity index (χ2v) is 12.3. The lowest BCUT2D eigenvalue weighted by Crippen LogP contribution is -2.52. The molecule has 1 amide bonds. The number of amides is 1. The van der Waals surface area contributed by atoms with Gasteiger partial charge in [-0.15, -0.1) is 10.2 Å². The van der Waals surface area contributed by atoms with Gasteiger partial charge in [-0.1, -0.05) is 42.5 Å². The Balaban J connectivity index is 1.53. The topological polar surface area (TPSA) is 155 Å². The predicted octanol–water partition coefficient (Wildman–Crippen LogP) is 4.54. The van der Waals surface area contributed by atoms with Crippen molar-refractivity contribution in [1.29, 1.82) is 0 Å². The van der Waals surface area contributed by atoms with Crippen LogP contribution in [0.25, 0.3) is 0 Å². The number of alkyl carbamates (subject to hydrolysis) is 1. The number of nitrogens with zero attached hydrogens (tertiary/aromatic N) is 2. The molecule has 3 N–H and O–H groups in total. The van der Waals surface area contributed by atoms with E-state index in [2.05, 4.69) is 15.5 Å². The van der Waals surface area contributed by atoms with Crippen molar-refractivity contribution in [2.45, 2.75) is 62.1 Å². The van der Waals surface area contributed by atoms with Gasteiger partial charge < -0.3 is 43.6 Å². The maximum absolute atomic E-state index is 13.1. The van der Waals surface area contributed by atoms with E-state index in [1.165, 1.54) is 14.2 Å². The molecule has 46 heavy (non-hydrogen) atoms. The molecule has 1 aliphatic heterocycles. The highest BCUT2D eigenvalue weighted by molar-refractivity contribution is 5.67. The predicted molar refractivity (Wildman–Crippen MR) is 164 cm³/mol. The Morgan fingerprint density at radius 1 is 0.957 bits per heavy atom. The van der Waals surface area contributed by atoms with Crippen LogP contribution in [-0.2, 0) is 22.5 Å². The molecule has 3 aromatic carbocycles. The Kier molecular flexibility index (Phi) is 7.81. The van der Waals surface area contributed by atoms with E-state index >= 15 is 0 Å². The summed E-state index contributed by atoms with van der Waals surface area (Å²) in [5.41, 5.74) is -2.85. The first-order valence-corrected chi connectivity index (χ1v) is 14.8. The molecule has 0 bridgehead atoms. The Morgan fingerprint density at radius 3 is 2.28 bits per heavy atom. The molecule has 1 fully saturated rings. The van der Waals surface area contributed by atoms with Gasteiger partial charge in [-0.05, 0) is 44.0 Å². The van der Waals surface area contributed by atoms with Crippen molar-refractivity contribution in [3.8, 4) is 23.0 Å². The van der Waals surface area contributed by atoms with Crippen LogP contribution in [0.15, 0.2) is 71.1 Å². The molecule has 0 saturated heterocycles. The van der Waals surface area contributed by atoms with Gasteiger partial charge in [0, 0.05) is 18.1 Å². The lowest BCUT2D eigenvalue weighted by atomic mass is 9.70. The zero-order valence-electron chi connectivity index (χ0n) is 26.4. The highest BCUT2D eigenvalue weighted by atomic mass is 16.6. The number of rotatable bonds is 8. The Morgan fingerprint density at radius 2 is 1.65 bits per heavy atom. The molecule has 0 spiro atoms. The van der Waals surface area contributed by atoms with E-state index in [0.717, 1.165) is 5.56 Å². The highest BCUT2D eigenvalue weighted by Gasteiger charge is 2.78. The highest BCUT2D eigenvalue weighted by Crippen LogP contribution is 2.72. The summed E-state index contributed by atoms with van der Waals surface area (Å²) in [5.74, 6) is -0.00207. The maximum Gasteiger partial charge on any atom is 0.408 e. The van der Waals surface area contributed by atoms with Crippen LogP contribution in [0.5, 0.6) is 23.0 Å². The molecule has 1 saturated carbocycles. The van der Waals surface area contributed by atoms with Crippen molar-refractivity contribution >= 4 is 6.09 Å². The lowest BCUT2D eigenvalue weighted by Gasteiger charge is -2.40. The average molecular weight is 632 g/mol. The number of nitrogens with one attached hydrogen (secondary N) is 1. The fraction of sp³-hybridized carbons (Fsp3) is 0.382. The van der Waals surface area contributed by atoms with Crippen LogP contribution in [0.1, 0.15) is 61.1 Å². The summed E-state index contributed by atoms with van der Waals surface area (Å²) in [6.07, 6.45) is -2.19. The maximum atomic E-state index is 13.1. The fourth-order valence-corrected chi connectivity index (χ4v) is 6.71. The number of aromatic nitrogens is 2. The number of methoxy groups -OCH3 is 3. The van der Waals surface area contributed by atoms with Crippen LogP contribution in [0.3, 0.4) is 0 Å². The van der Waals surface area contributed by atoms with Gasteiger partial charge in [-0.2, -0.15) is 0 Å². The smallest absolute Gasteiger partial charge is 0.408 e. The second kappa shape index (κ2) is 11.5. The van der Waals surface area contributed by atoms with Gasteiger partial charge in [-0.25, -0.2) is 4.79 Å². The number of ether oxygens (including phenoxy) is 5. The number of fused-ring (bicyclic) bond motifs is 3. The van der Waals surface area contributed by atoms with Crippen LogP contribution in [0.2, 0.25) is 0 Å². The van der Waals surface area contributed by atoms with E-state index in [1.54, 1.807) is 64.3 Å². The quantitative estimate of drug-likeness (QED) is 0.251. The average Bonchev–Trinajstić information content (AvgIpc) is 3.67. The standard InChI is InChI=1S/C34H37N3O9/c1-32(2,3)46-31(39)35-18-25-36-37-30(44-25)26-27(19-10-8-7-9-11-19)34(20-12-14-21(41-4)15-13-20)33(40,29(26)38)28-23(43-6)16-22(42-5)17-24(28)45-34/h7-17,26-27,29,38,40H,18H2,1-6H3,(H,35,39)/t26-,27-,29-,33+,34+/m1/s1. The first-order chi connectivity index (χ1) is 22.0. The van der Waals surface area contributed by atoms with Crippen molar-refractivity contribution in [3.05, 3.63) is 95.2 Å². The Bertz CT molecular complexity index is 1720. The van der Waals surface area contributed by atoms with Crippen LogP contribution >= 0.6 is 0 Å². The molecule has 12 heteroatoms. The number of aliphatic hydroxyl groups excluding tert-OH is 1. The van der Waals surface area contributed by atoms with Crippen molar-refractivity contribution in [1.82, 2.24) is 15.5 Å². The molecule has 12 nitrogen and oxygen atoms in total. The Labute approximate surface area is 266 Å². The molecule has 2 aliphatic rings. The summed E-state index contributed by atoms with van der Waals surface area (Å²) >= 11 is 0. The van der Waals surface area contributed by atoms with Crippen molar-refractivity contribution in [3.63, 3.8) is 0 Å². The van der Waals surface area contributed by atoms with E-state index in [-0.39, 0.29) is 29.6 Å². The van der Waals surface area contributed by atoms with Gasteiger partial charge in [0.1, 0.15) is 34.7 Å². The third-order valence-electron chi connectivity index (χ3n) is 8.51. The van der Waals surface area contributed by atoms with Gasteiger partial charge >= 0.3 is 6.09 Å². The van der Waals surface area contributed by atoms with E-state index < -0.39 is 40.8 Å². The van der Waals surface area contributed by atoms with E-state index in [1.807, 2.05) is 30.3 Å². The van der Waals surface area contributed by atoms with E-state index in [0.29, 0.717) is 22.8 Å². The minimum absolute atomic E-state index is 0.0516. The molecule has 2 heterocycles. The number of hydrogen-bond acceptors (Lipinski definition) is 11. The zero-order valence-corrected chi connectivity index (χ0v) is 26.4. The summed E-state index contributed by atoms with van der Waals surface area (Å²) in [4.78, 5) is 12.3. The largest absolute Gasteiger partial charge is 0.497 e. The second-order valence-electron chi connectivity index (χ2n) is 12.3. The number of carbonyl (C=O) groups is 1. The van der Waals surface area contributed by atoms with E-state index in [9.17, 15) is 15.0 Å². The fourth-order valence-electron chi connectivity index (χ4n) is 6.71. The first kappa shape index (κ1) is 31.2. The van der Waals surface area contributed by atoms with E-state index in [4.69, 9.17) is 28.1 Å². The third-order valence-corrected chi connectivity index (χ3v) is 8.51. The molecule has 6 rings (SSSR count). The number of aliphatic hydroxyl groups is 2. The number of hydrogen-bond donors (Lipinski definition) is 3. The van der Waals surface area contributed by atoms with Crippen molar-refractivity contribution < 1.29 is 43.1 Å². The lowest BCUT2D eigenvalue weighted by molar-refractivity contribution is -0.151. The first-order valence-electron chi connectivity index (χ1n) is 14.8. The number of carbonyl (C=O) groups excluding carboxylic acids is 1. The summed E-state index contributed by atoms with van der Waals surface area (Å²) in [6.45, 7) is 5.16. The molecule has 5 atom stereocenters. The number of benzene rings is 3. The van der Waals surface area contributed by atoms with Crippen LogP contribution in [-0.4, -0.2) is 59.5 Å². The van der Waals surface area contributed by atoms with Crippen LogP contribution < -0.4 is 24.3 Å². The summed E-state index contributed by atoms with van der Waals surface area (Å²) < 4.78 is 35.0. The van der Waals surface area contributed by atoms with Crippen molar-refractivity contribution in [2.75, 3.05) is 21.3 Å². The Hall–Kier alpha value is -4.81. The van der Waals surface area contributed by atoms with Crippen LogP contribution in [0.4, 0.5) is 4.79 Å².